The predicted octanol–water partition coefficient (Wildman–Crippen LogP) is -2.23. The molecule has 2 aliphatic rings. The first-order valence-electron chi connectivity index (χ1n) is 15.5. The van der Waals surface area contributed by atoms with Crippen LogP contribution < -0.4 is 31.5 Å². The van der Waals surface area contributed by atoms with E-state index in [0.29, 0.717) is 23.3 Å². The average molecular weight is 752 g/mol. The van der Waals surface area contributed by atoms with Crippen LogP contribution in [0.5, 0.6) is 5.75 Å². The minimum atomic E-state index is -5.28. The molecule has 20 nitrogen and oxygen atoms in total. The lowest BCUT2D eigenvalue weighted by Gasteiger charge is -2.51. The van der Waals surface area contributed by atoms with E-state index in [2.05, 4.69) is 25.1 Å². The maximum Gasteiger partial charge on any atom is 0.351 e. The lowest BCUT2D eigenvalue weighted by atomic mass is 9.84. The largest absolute Gasteiger partial charge is 0.724 e. The molecule has 2 aromatic heterocycles. The predicted molar refractivity (Wildman–Crippen MR) is 176 cm³/mol. The Morgan fingerprint density at radius 1 is 1.27 bits per heavy atom. The van der Waals surface area contributed by atoms with Crippen molar-refractivity contribution in [2.45, 2.75) is 50.7 Å². The fourth-order valence-electron chi connectivity index (χ4n) is 5.20. The number of benzene rings is 1. The first-order valence-corrected chi connectivity index (χ1v) is 17.7. The number of carboxylic acids is 1. The number of anilines is 1. The van der Waals surface area contributed by atoms with Gasteiger partial charge < -0.3 is 46.4 Å². The smallest absolute Gasteiger partial charge is 0.351 e. The van der Waals surface area contributed by atoms with Gasteiger partial charge in [0.15, 0.2) is 17.4 Å². The number of hydroxylamine groups is 2. The van der Waals surface area contributed by atoms with Crippen LogP contribution in [-0.2, 0) is 47.0 Å². The van der Waals surface area contributed by atoms with Crippen molar-refractivity contribution in [2.75, 3.05) is 32.0 Å². The lowest BCUT2D eigenvalue weighted by Crippen LogP contribution is -2.76. The van der Waals surface area contributed by atoms with Gasteiger partial charge in [-0.15, -0.1) is 16.0 Å². The molecule has 0 saturated carbocycles. The Morgan fingerprint density at radius 2 is 1.98 bits per heavy atom. The van der Waals surface area contributed by atoms with Gasteiger partial charge in [-0.25, -0.2) is 18.2 Å². The summed E-state index contributed by atoms with van der Waals surface area (Å²) in [5, 5.41) is 31.0. The van der Waals surface area contributed by atoms with E-state index in [1.165, 1.54) is 19.2 Å². The van der Waals surface area contributed by atoms with E-state index in [1.54, 1.807) is 24.3 Å². The molecule has 2 fully saturated rings. The molecule has 2 saturated heterocycles. The number of aliphatic hydroxyl groups is 1. The molecule has 51 heavy (non-hydrogen) atoms. The number of nitrogen functional groups attached to an aromatic ring is 1. The molecule has 4 heterocycles. The molecular formula is C29H37N9O11S2. The summed E-state index contributed by atoms with van der Waals surface area (Å²) in [6, 6.07) is 5.49. The third-order valence-electron chi connectivity index (χ3n) is 8.12. The number of nitrogens with zero attached hydrogens (tertiary/aromatic N) is 5. The standard InChI is InChI=1S/C29H37N9O11S2/c1-29(2)24(26(41)38(29)49-51(44,45)46)34-25(40)23(21-15-50-28(31)33-21)35-48-22(27(42)43)14-47-20-5-3-17(4-6-20)18-11-36(10-16-8-32-9-16)37(12-18)13-19(39)7-30/h3-6,11-12,15-16,19,22,24,32,39H,7-10,13-14,30H2,1-2H3,(H4-,31,33,34,40,42,43,44,45,46)/b35-23-/t19?,22?,24-/m1/s1. The van der Waals surface area contributed by atoms with Crippen LogP contribution in [-0.4, -0.2) is 111 Å². The molecule has 2 aliphatic heterocycles. The number of β-lactam (4-membered cyclic amide) rings is 1. The summed E-state index contributed by atoms with van der Waals surface area (Å²) < 4.78 is 46.9. The minimum Gasteiger partial charge on any atom is -0.724 e. The van der Waals surface area contributed by atoms with E-state index >= 15 is 0 Å². The summed E-state index contributed by atoms with van der Waals surface area (Å²) in [6.45, 7) is 5.18. The van der Waals surface area contributed by atoms with Gasteiger partial charge in [0, 0.05) is 30.9 Å². The second kappa shape index (κ2) is 15.3. The molecule has 2 unspecified atom stereocenters. The zero-order valence-electron chi connectivity index (χ0n) is 27.4. The summed E-state index contributed by atoms with van der Waals surface area (Å²) in [5.74, 6) is -2.77. The molecule has 5 rings (SSSR count). The first kappa shape index (κ1) is 37.5. The number of nitrogens with two attached hydrogens (primary N) is 2. The molecule has 0 radical (unpaired) electrons. The third kappa shape index (κ3) is 8.97. The van der Waals surface area contributed by atoms with Gasteiger partial charge in [0.05, 0.1) is 23.4 Å². The number of thiazole rings is 1. The van der Waals surface area contributed by atoms with Crippen molar-refractivity contribution in [3.05, 3.63) is 47.7 Å². The quantitative estimate of drug-likeness (QED) is 0.0213. The van der Waals surface area contributed by atoms with Crippen LogP contribution in [0.15, 0.2) is 47.2 Å². The van der Waals surface area contributed by atoms with Crippen LogP contribution in [0.2, 0.25) is 0 Å². The van der Waals surface area contributed by atoms with Crippen LogP contribution >= 0.6 is 11.3 Å². The highest BCUT2D eigenvalue weighted by Gasteiger charge is 2.57. The van der Waals surface area contributed by atoms with Crippen molar-refractivity contribution in [3.8, 4) is 16.9 Å². The normalized spacial score (nSPS) is 18.8. The van der Waals surface area contributed by atoms with Gasteiger partial charge in [-0.1, -0.05) is 17.3 Å². The zero-order chi connectivity index (χ0) is 37.1. The van der Waals surface area contributed by atoms with Gasteiger partial charge in [0.2, 0.25) is 16.6 Å². The van der Waals surface area contributed by atoms with Gasteiger partial charge in [0.25, 0.3) is 17.9 Å². The average Bonchev–Trinajstić information content (AvgIpc) is 3.66. The van der Waals surface area contributed by atoms with E-state index in [4.69, 9.17) is 21.0 Å². The number of hydrogen-bond acceptors (Lipinski definition) is 16. The van der Waals surface area contributed by atoms with E-state index in [9.17, 15) is 37.6 Å². The number of oxime groups is 1. The van der Waals surface area contributed by atoms with Gasteiger partial charge in [0.1, 0.15) is 30.6 Å². The second-order valence-corrected chi connectivity index (χ2v) is 14.2. The molecule has 0 bridgehead atoms. The molecule has 2 amide bonds. The van der Waals surface area contributed by atoms with Crippen molar-refractivity contribution in [1.82, 2.24) is 25.4 Å². The Hall–Kier alpha value is -4.71. The summed E-state index contributed by atoms with van der Waals surface area (Å²) >= 11 is 0.946. The number of rotatable bonds is 17. The van der Waals surface area contributed by atoms with Crippen molar-refractivity contribution in [1.29, 1.82) is 0 Å². The molecule has 0 spiro atoms. The fraction of sp³-hybridized carbons (Fsp3) is 0.448. The fourth-order valence-corrected chi connectivity index (χ4v) is 6.19. The Labute approximate surface area is 295 Å². The number of carbonyl (C=O) groups excluding carboxylic acids is 2. The maximum absolute atomic E-state index is 13.3. The number of hydrogen-bond donors (Lipinski definition) is 6. The summed E-state index contributed by atoms with van der Waals surface area (Å²) in [6.07, 6.45) is 1.49. The Bertz CT molecular complexity index is 1870. The summed E-state index contributed by atoms with van der Waals surface area (Å²) in [4.78, 5) is 47.0. The number of aliphatic hydroxyl groups excluding tert-OH is 1. The van der Waals surface area contributed by atoms with E-state index in [0.717, 1.165) is 42.1 Å². The molecule has 276 valence electrons. The second-order valence-electron chi connectivity index (χ2n) is 12.3. The monoisotopic (exact) mass is 751 g/mol. The molecule has 8 N–H and O–H groups in total. The minimum absolute atomic E-state index is 0.0440. The van der Waals surface area contributed by atoms with Gasteiger partial charge in [-0.2, -0.15) is 14.0 Å². The van der Waals surface area contributed by atoms with E-state index in [-0.39, 0.29) is 17.4 Å². The Morgan fingerprint density at radius 3 is 2.53 bits per heavy atom. The SMILES string of the molecule is CC1(C)[C@H](NC(=O)/C(=N\OC(COc2ccc(-c3cn(CC(O)CN)[n+](CC4CNC4)c3)cc2)C(=O)O)c2csc(N)n2)C(=O)N1OS(=O)(=O)[O-]. The summed E-state index contributed by atoms with van der Waals surface area (Å²) in [5.41, 5.74) is 10.9. The highest BCUT2D eigenvalue weighted by atomic mass is 32.3. The van der Waals surface area contributed by atoms with E-state index in [1.807, 2.05) is 21.8 Å². The number of aliphatic carboxylic acids is 1. The number of carbonyl (C=O) groups is 3. The number of aromatic nitrogens is 3. The van der Waals surface area contributed by atoms with Crippen LogP contribution in [0.1, 0.15) is 19.5 Å². The van der Waals surface area contributed by atoms with Gasteiger partial charge >= 0.3 is 5.97 Å². The van der Waals surface area contributed by atoms with Crippen molar-refractivity contribution in [2.24, 2.45) is 16.8 Å². The molecule has 0 aliphatic carbocycles. The van der Waals surface area contributed by atoms with Crippen LogP contribution in [0.4, 0.5) is 5.13 Å². The van der Waals surface area contributed by atoms with E-state index < -0.39 is 64.3 Å². The lowest BCUT2D eigenvalue weighted by molar-refractivity contribution is -0.781. The van der Waals surface area contributed by atoms with Crippen LogP contribution in [0.3, 0.4) is 0 Å². The highest BCUT2D eigenvalue weighted by molar-refractivity contribution is 7.80. The van der Waals surface area contributed by atoms with Crippen molar-refractivity contribution in [3.63, 3.8) is 0 Å². The van der Waals surface area contributed by atoms with Crippen LogP contribution in [0, 0.1) is 5.92 Å². The first-order chi connectivity index (χ1) is 24.0. The van der Waals surface area contributed by atoms with Crippen molar-refractivity contribution >= 4 is 50.4 Å². The molecule has 3 atom stereocenters. The highest BCUT2D eigenvalue weighted by Crippen LogP contribution is 2.33. The number of carboxylic acid groups (broad SMARTS) is 1. The van der Waals surface area contributed by atoms with Gasteiger partial charge in [-0.05, 0) is 31.5 Å². The number of amides is 2. The number of ether oxygens (including phenoxy) is 1. The van der Waals surface area contributed by atoms with Gasteiger partial charge in [-0.3, -0.25) is 9.59 Å². The molecular weight excluding hydrogens is 715 g/mol. The summed E-state index contributed by atoms with van der Waals surface area (Å²) in [7, 11) is -5.28. The van der Waals surface area contributed by atoms with Crippen molar-refractivity contribution < 1.29 is 56.1 Å². The maximum atomic E-state index is 13.3. The Kier molecular flexibility index (Phi) is 11.2. The topological polar surface area (TPSA) is 290 Å². The third-order valence-corrected chi connectivity index (χ3v) is 9.13. The number of nitrogens with one attached hydrogen (secondary N) is 2. The Balaban J connectivity index is 1.26. The molecule has 1 aromatic carbocycles. The molecule has 22 heteroatoms. The zero-order valence-corrected chi connectivity index (χ0v) is 29.0. The molecule has 3 aromatic rings. The van der Waals surface area contributed by atoms with Crippen LogP contribution in [0.25, 0.3) is 11.1 Å².